The molecule has 0 heterocycles. The summed E-state index contributed by atoms with van der Waals surface area (Å²) >= 11 is 0. The highest BCUT2D eigenvalue weighted by molar-refractivity contribution is 7.45. The quantitative estimate of drug-likeness (QED) is 0.0272. The van der Waals surface area contributed by atoms with Gasteiger partial charge >= 0.3 is 0 Å². The van der Waals surface area contributed by atoms with Crippen LogP contribution in [0.25, 0.3) is 0 Å². The van der Waals surface area contributed by atoms with Gasteiger partial charge in [0.1, 0.15) is 13.2 Å². The maximum absolute atomic E-state index is 13.0. The zero-order valence-electron chi connectivity index (χ0n) is 47.7. The van der Waals surface area contributed by atoms with Crippen LogP contribution in [-0.2, 0) is 18.4 Å². The molecule has 0 aromatic rings. The number of aliphatic hydroxyl groups is 1. The van der Waals surface area contributed by atoms with Crippen LogP contribution in [0.1, 0.15) is 290 Å². The lowest BCUT2D eigenvalue weighted by molar-refractivity contribution is -0.870. The number of phosphoric acid groups is 1. The van der Waals surface area contributed by atoms with Gasteiger partial charge in [-0.15, -0.1) is 0 Å². The Morgan fingerprint density at radius 2 is 0.789 bits per heavy atom. The average molecular weight is 1020 g/mol. The summed E-state index contributed by atoms with van der Waals surface area (Å²) in [5.74, 6) is -0.211. The second-order valence-corrected chi connectivity index (χ2v) is 23.4. The number of nitrogens with zero attached hydrogens (tertiary/aromatic N) is 1. The van der Waals surface area contributed by atoms with E-state index in [-0.39, 0.29) is 12.5 Å². The zero-order valence-corrected chi connectivity index (χ0v) is 48.6. The molecule has 1 amide bonds. The maximum Gasteiger partial charge on any atom is 0.268 e. The number of nitrogens with one attached hydrogen (secondary N) is 1. The number of carbonyl (C=O) groups is 1. The molecule has 0 aromatic heterocycles. The van der Waals surface area contributed by atoms with Crippen LogP contribution in [0.2, 0.25) is 0 Å². The number of hydrogen-bond donors (Lipinski definition) is 2. The van der Waals surface area contributed by atoms with E-state index in [2.05, 4.69) is 55.6 Å². The van der Waals surface area contributed by atoms with Gasteiger partial charge < -0.3 is 28.8 Å². The number of amides is 1. The van der Waals surface area contributed by atoms with Crippen molar-refractivity contribution in [1.29, 1.82) is 0 Å². The van der Waals surface area contributed by atoms with Crippen LogP contribution in [0.5, 0.6) is 0 Å². The predicted molar refractivity (Wildman–Crippen MR) is 307 cm³/mol. The van der Waals surface area contributed by atoms with E-state index >= 15 is 0 Å². The number of aliphatic hydroxyl groups excluding tert-OH is 1. The highest BCUT2D eigenvalue weighted by Crippen LogP contribution is 2.38. The first-order valence-corrected chi connectivity index (χ1v) is 32.0. The van der Waals surface area contributed by atoms with E-state index in [9.17, 15) is 19.4 Å². The second-order valence-electron chi connectivity index (χ2n) is 22.0. The number of unbranched alkanes of at least 4 members (excludes halogenated alkanes) is 37. The zero-order chi connectivity index (χ0) is 52.0. The molecule has 0 aromatic carbocycles. The summed E-state index contributed by atoms with van der Waals surface area (Å²) in [6.45, 7) is 4.65. The van der Waals surface area contributed by atoms with Crippen LogP contribution in [0.4, 0.5) is 0 Å². The summed E-state index contributed by atoms with van der Waals surface area (Å²) in [6.07, 6.45) is 70.6. The van der Waals surface area contributed by atoms with Crippen molar-refractivity contribution >= 4 is 13.7 Å². The minimum absolute atomic E-state index is 0.00965. The fraction of sp³-hybridized carbons (Fsp3) is 0.855. The number of likely N-dealkylation sites (N-methyl/N-ethyl adjacent to an activating group) is 1. The molecule has 0 saturated heterocycles. The van der Waals surface area contributed by atoms with Crippen molar-refractivity contribution in [3.63, 3.8) is 0 Å². The molecule has 3 unspecified atom stereocenters. The first-order chi connectivity index (χ1) is 34.5. The lowest BCUT2D eigenvalue weighted by Gasteiger charge is -2.29. The molecule has 9 heteroatoms. The lowest BCUT2D eigenvalue weighted by Crippen LogP contribution is -2.45. The Balaban J connectivity index is 4.24. The van der Waals surface area contributed by atoms with E-state index in [1.165, 1.54) is 225 Å². The fourth-order valence-electron chi connectivity index (χ4n) is 8.95. The molecule has 0 aliphatic carbocycles. The third-order valence-corrected chi connectivity index (χ3v) is 14.7. The SMILES string of the molecule is CCCCCCCCCC/C=C\CCCCCCCCCCCC(=O)NC(COP(=O)([O-])OCC[N+](C)(C)C)C(O)/C=C/CC/C=C/CC/C=C/CCCCCCCCCCCCCCCCCCCC. The first kappa shape index (κ1) is 69.5. The van der Waals surface area contributed by atoms with E-state index in [0.29, 0.717) is 17.4 Å². The van der Waals surface area contributed by atoms with Crippen molar-refractivity contribution in [2.75, 3.05) is 40.9 Å². The molecule has 0 spiro atoms. The van der Waals surface area contributed by atoms with Crippen LogP contribution < -0.4 is 10.2 Å². The van der Waals surface area contributed by atoms with Gasteiger partial charge in [0.25, 0.3) is 7.82 Å². The van der Waals surface area contributed by atoms with Gasteiger partial charge in [-0.2, -0.15) is 0 Å². The molecular weight excluding hydrogens is 900 g/mol. The molecule has 8 nitrogen and oxygen atoms in total. The predicted octanol–water partition coefficient (Wildman–Crippen LogP) is 18.1. The Hall–Kier alpha value is -1.54. The van der Waals surface area contributed by atoms with Crippen molar-refractivity contribution in [3.05, 3.63) is 48.6 Å². The molecule has 0 fully saturated rings. The van der Waals surface area contributed by atoms with E-state index in [4.69, 9.17) is 9.05 Å². The highest BCUT2D eigenvalue weighted by atomic mass is 31.2. The molecule has 0 saturated carbocycles. The van der Waals surface area contributed by atoms with Crippen molar-refractivity contribution in [2.24, 2.45) is 0 Å². The highest BCUT2D eigenvalue weighted by Gasteiger charge is 2.23. The van der Waals surface area contributed by atoms with Gasteiger partial charge in [0.2, 0.25) is 5.91 Å². The fourth-order valence-corrected chi connectivity index (χ4v) is 9.67. The van der Waals surface area contributed by atoms with Crippen LogP contribution in [0.15, 0.2) is 48.6 Å². The van der Waals surface area contributed by atoms with Crippen LogP contribution >= 0.6 is 7.82 Å². The average Bonchev–Trinajstić information content (AvgIpc) is 3.33. The number of quaternary nitrogens is 1. The summed E-state index contributed by atoms with van der Waals surface area (Å²) in [5.41, 5.74) is 0. The van der Waals surface area contributed by atoms with Crippen LogP contribution in [0, 0.1) is 0 Å². The lowest BCUT2D eigenvalue weighted by atomic mass is 10.0. The molecule has 3 atom stereocenters. The minimum atomic E-state index is -4.61. The van der Waals surface area contributed by atoms with Crippen molar-refractivity contribution in [2.45, 2.75) is 302 Å². The van der Waals surface area contributed by atoms with Gasteiger partial charge in [0.15, 0.2) is 0 Å². The van der Waals surface area contributed by atoms with Gasteiger partial charge in [-0.3, -0.25) is 9.36 Å². The third-order valence-electron chi connectivity index (χ3n) is 13.7. The third kappa shape index (κ3) is 56.0. The molecule has 0 rings (SSSR count). The van der Waals surface area contributed by atoms with E-state index in [1.807, 2.05) is 27.2 Å². The van der Waals surface area contributed by atoms with E-state index in [1.54, 1.807) is 6.08 Å². The summed E-state index contributed by atoms with van der Waals surface area (Å²) < 4.78 is 23.4. The maximum atomic E-state index is 13.0. The number of phosphoric ester groups is 1. The summed E-state index contributed by atoms with van der Waals surface area (Å²) in [5, 5.41) is 13.9. The first-order valence-electron chi connectivity index (χ1n) is 30.5. The number of rotatable bonds is 56. The molecule has 0 bridgehead atoms. The summed E-state index contributed by atoms with van der Waals surface area (Å²) in [4.78, 5) is 25.5. The molecular formula is C62H119N2O6P. The standard InChI is InChI=1S/C62H119N2O6P/c1-6-8-10-12-14-16-18-20-22-24-26-28-29-30-31-32-33-34-36-37-39-41-43-45-47-49-51-53-55-61(65)60(59-70-71(67,68)69-58-57-64(3,4)5)63-62(66)56-54-52-50-48-46-44-42-40-38-35-27-25-23-21-19-17-15-13-11-9-7-2/h25,27,37,39,45,47,53,55,60-61,65H,6-24,26,28-36,38,40-44,46,48-52,54,56-59H2,1-5H3,(H-,63,66,67,68)/b27-25-,39-37+,47-45+,55-53+. The van der Waals surface area contributed by atoms with Crippen LogP contribution in [-0.4, -0.2) is 68.5 Å². The number of carbonyl (C=O) groups excluding carboxylic acids is 1. The smallest absolute Gasteiger partial charge is 0.268 e. The number of allylic oxidation sites excluding steroid dienone is 7. The largest absolute Gasteiger partial charge is 0.756 e. The molecule has 0 aliphatic rings. The van der Waals surface area contributed by atoms with Crippen molar-refractivity contribution in [1.82, 2.24) is 5.32 Å². The Kier molecular flexibility index (Phi) is 52.1. The van der Waals surface area contributed by atoms with Gasteiger partial charge in [0, 0.05) is 6.42 Å². The summed E-state index contributed by atoms with van der Waals surface area (Å²) in [7, 11) is 1.24. The Morgan fingerprint density at radius 1 is 0.479 bits per heavy atom. The number of hydrogen-bond acceptors (Lipinski definition) is 6. The minimum Gasteiger partial charge on any atom is -0.756 e. The van der Waals surface area contributed by atoms with Gasteiger partial charge in [0.05, 0.1) is 39.9 Å². The van der Waals surface area contributed by atoms with E-state index in [0.717, 1.165) is 44.9 Å². The summed E-state index contributed by atoms with van der Waals surface area (Å²) in [6, 6.07) is -0.912. The van der Waals surface area contributed by atoms with Crippen molar-refractivity contribution < 1.29 is 32.9 Å². The van der Waals surface area contributed by atoms with Gasteiger partial charge in [-0.25, -0.2) is 0 Å². The molecule has 0 radical (unpaired) electrons. The van der Waals surface area contributed by atoms with Crippen molar-refractivity contribution in [3.8, 4) is 0 Å². The Labute approximate surface area is 441 Å². The topological polar surface area (TPSA) is 108 Å². The van der Waals surface area contributed by atoms with E-state index < -0.39 is 26.6 Å². The van der Waals surface area contributed by atoms with Crippen LogP contribution in [0.3, 0.4) is 0 Å². The van der Waals surface area contributed by atoms with Gasteiger partial charge in [-0.05, 0) is 70.6 Å². The molecule has 418 valence electrons. The Bertz CT molecular complexity index is 1290. The Morgan fingerprint density at radius 3 is 1.14 bits per heavy atom. The molecule has 2 N–H and O–H groups in total. The monoisotopic (exact) mass is 1020 g/mol. The molecule has 71 heavy (non-hydrogen) atoms. The second kappa shape index (κ2) is 53.3. The molecule has 0 aliphatic heterocycles. The van der Waals surface area contributed by atoms with Gasteiger partial charge in [-0.1, -0.05) is 262 Å². The normalized spacial score (nSPS) is 14.2.